The van der Waals surface area contributed by atoms with Crippen molar-refractivity contribution in [1.82, 2.24) is 14.5 Å². The Morgan fingerprint density at radius 1 is 1.39 bits per heavy atom. The Balaban J connectivity index is 1.71. The molecule has 0 bridgehead atoms. The van der Waals surface area contributed by atoms with Gasteiger partial charge in [-0.25, -0.2) is 4.98 Å². The van der Waals surface area contributed by atoms with E-state index >= 15 is 0 Å². The highest BCUT2D eigenvalue weighted by atomic mass is 32.2. The summed E-state index contributed by atoms with van der Waals surface area (Å²) in [5.74, 6) is 0.517. The van der Waals surface area contributed by atoms with Crippen molar-refractivity contribution in [2.24, 2.45) is 7.05 Å². The summed E-state index contributed by atoms with van der Waals surface area (Å²) >= 11 is 1.47. The monoisotopic (exact) mass is 331 g/mol. The molecule has 0 aliphatic carbocycles. The molecule has 1 aromatic heterocycles. The SMILES string of the molecule is C[C@@H]1CN(C(=O)CSc2nccn2C)[C@H](c2ccccc2)CO1. The first-order valence-corrected chi connectivity index (χ1v) is 8.70. The number of imidazole rings is 1. The smallest absolute Gasteiger partial charge is 0.233 e. The maximum Gasteiger partial charge on any atom is 0.233 e. The molecule has 122 valence electrons. The molecule has 1 aliphatic rings. The maximum absolute atomic E-state index is 12.7. The second-order valence-corrected chi connectivity index (χ2v) is 6.67. The van der Waals surface area contributed by atoms with Crippen LogP contribution < -0.4 is 0 Å². The molecular weight excluding hydrogens is 310 g/mol. The molecule has 5 nitrogen and oxygen atoms in total. The second kappa shape index (κ2) is 7.19. The zero-order valence-electron chi connectivity index (χ0n) is 13.4. The van der Waals surface area contributed by atoms with Gasteiger partial charge in [-0.1, -0.05) is 42.1 Å². The molecule has 3 rings (SSSR count). The molecule has 6 heteroatoms. The van der Waals surface area contributed by atoms with Gasteiger partial charge >= 0.3 is 0 Å². The Kier molecular flexibility index (Phi) is 5.03. The number of rotatable bonds is 4. The minimum Gasteiger partial charge on any atom is -0.374 e. The van der Waals surface area contributed by atoms with Crippen LogP contribution in [0.2, 0.25) is 0 Å². The van der Waals surface area contributed by atoms with Crippen LogP contribution in [0, 0.1) is 0 Å². The third-order valence-corrected chi connectivity index (χ3v) is 5.02. The topological polar surface area (TPSA) is 47.4 Å². The van der Waals surface area contributed by atoms with Crippen molar-refractivity contribution in [2.75, 3.05) is 18.9 Å². The van der Waals surface area contributed by atoms with Gasteiger partial charge in [0.05, 0.1) is 24.5 Å². The van der Waals surface area contributed by atoms with Gasteiger partial charge in [0.2, 0.25) is 5.91 Å². The number of ether oxygens (including phenoxy) is 1. The van der Waals surface area contributed by atoms with Crippen molar-refractivity contribution >= 4 is 17.7 Å². The standard InChI is InChI=1S/C17H21N3O2S/c1-13-10-20(15(11-22-13)14-6-4-3-5-7-14)16(21)12-23-17-18-8-9-19(17)2/h3-9,13,15H,10-12H2,1-2H3/t13-,15+/m1/s1. The highest BCUT2D eigenvalue weighted by molar-refractivity contribution is 7.99. The maximum atomic E-state index is 12.7. The molecule has 1 aliphatic heterocycles. The Morgan fingerprint density at radius 2 is 2.17 bits per heavy atom. The summed E-state index contributed by atoms with van der Waals surface area (Å²) in [5.41, 5.74) is 1.12. The highest BCUT2D eigenvalue weighted by Gasteiger charge is 2.31. The number of hydrogen-bond acceptors (Lipinski definition) is 4. The summed E-state index contributed by atoms with van der Waals surface area (Å²) in [6, 6.07) is 10.1. The van der Waals surface area contributed by atoms with Gasteiger partial charge < -0.3 is 14.2 Å². The predicted molar refractivity (Wildman–Crippen MR) is 90.2 cm³/mol. The molecule has 0 saturated carbocycles. The van der Waals surface area contributed by atoms with E-state index in [4.69, 9.17) is 4.74 Å². The lowest BCUT2D eigenvalue weighted by Crippen LogP contribution is -2.47. The molecule has 1 fully saturated rings. The van der Waals surface area contributed by atoms with Crippen LogP contribution >= 0.6 is 11.8 Å². The van der Waals surface area contributed by atoms with E-state index in [0.29, 0.717) is 18.9 Å². The van der Waals surface area contributed by atoms with Crippen molar-refractivity contribution in [3.05, 3.63) is 48.3 Å². The van der Waals surface area contributed by atoms with Crippen LogP contribution in [-0.2, 0) is 16.6 Å². The first kappa shape index (κ1) is 16.1. The Bertz CT molecular complexity index is 659. The van der Waals surface area contributed by atoms with Crippen LogP contribution in [0.15, 0.2) is 47.9 Å². The van der Waals surface area contributed by atoms with Crippen LogP contribution in [0.4, 0.5) is 0 Å². The van der Waals surface area contributed by atoms with Crippen LogP contribution in [-0.4, -0.2) is 45.4 Å². The number of thioether (sulfide) groups is 1. The van der Waals surface area contributed by atoms with Gasteiger partial charge in [0.25, 0.3) is 0 Å². The van der Waals surface area contributed by atoms with Crippen molar-refractivity contribution in [3.63, 3.8) is 0 Å². The fourth-order valence-corrected chi connectivity index (χ4v) is 3.55. The number of aryl methyl sites for hydroxylation is 1. The zero-order chi connectivity index (χ0) is 16.2. The van der Waals surface area contributed by atoms with E-state index in [9.17, 15) is 4.79 Å². The lowest BCUT2D eigenvalue weighted by atomic mass is 10.0. The van der Waals surface area contributed by atoms with Crippen LogP contribution in [0.5, 0.6) is 0 Å². The molecule has 0 radical (unpaired) electrons. The first-order valence-electron chi connectivity index (χ1n) is 7.71. The number of carbonyl (C=O) groups excluding carboxylic acids is 1. The molecule has 1 amide bonds. The summed E-state index contributed by atoms with van der Waals surface area (Å²) in [6.07, 6.45) is 3.70. The van der Waals surface area contributed by atoms with Gasteiger partial charge in [-0.2, -0.15) is 0 Å². The van der Waals surface area contributed by atoms with E-state index in [-0.39, 0.29) is 18.1 Å². The van der Waals surface area contributed by atoms with E-state index in [0.717, 1.165) is 10.7 Å². The second-order valence-electron chi connectivity index (χ2n) is 5.73. The van der Waals surface area contributed by atoms with Crippen LogP contribution in [0.3, 0.4) is 0 Å². The molecule has 1 aromatic carbocycles. The minimum atomic E-state index is -0.0122. The van der Waals surface area contributed by atoms with Crippen molar-refractivity contribution in [2.45, 2.75) is 24.2 Å². The van der Waals surface area contributed by atoms with Crippen molar-refractivity contribution < 1.29 is 9.53 Å². The number of carbonyl (C=O) groups is 1. The summed E-state index contributed by atoms with van der Waals surface area (Å²) < 4.78 is 7.70. The molecule has 0 unspecified atom stereocenters. The molecule has 2 atom stereocenters. The quantitative estimate of drug-likeness (QED) is 0.808. The third kappa shape index (κ3) is 3.76. The van der Waals surface area contributed by atoms with Gasteiger partial charge in [-0.05, 0) is 12.5 Å². The third-order valence-electron chi connectivity index (χ3n) is 3.98. The number of amides is 1. The number of aromatic nitrogens is 2. The predicted octanol–water partition coefficient (Wildman–Crippen LogP) is 2.50. The average molecular weight is 331 g/mol. The molecular formula is C17H21N3O2S. The van der Waals surface area contributed by atoms with Crippen molar-refractivity contribution in [3.8, 4) is 0 Å². The molecule has 2 aromatic rings. The summed E-state index contributed by atoms with van der Waals surface area (Å²) in [7, 11) is 1.93. The van der Waals surface area contributed by atoms with Gasteiger partial charge in [-0.3, -0.25) is 4.79 Å². The van der Waals surface area contributed by atoms with E-state index in [1.54, 1.807) is 6.20 Å². The number of nitrogens with zero attached hydrogens (tertiary/aromatic N) is 3. The van der Waals surface area contributed by atoms with Gasteiger partial charge in [-0.15, -0.1) is 0 Å². The van der Waals surface area contributed by atoms with E-state index < -0.39 is 0 Å². The fraction of sp³-hybridized carbons (Fsp3) is 0.412. The van der Waals surface area contributed by atoms with Crippen molar-refractivity contribution in [1.29, 1.82) is 0 Å². The zero-order valence-corrected chi connectivity index (χ0v) is 14.2. The Morgan fingerprint density at radius 3 is 2.87 bits per heavy atom. The Labute approximate surface area is 140 Å². The lowest BCUT2D eigenvalue weighted by molar-refractivity contribution is -0.141. The summed E-state index contributed by atoms with van der Waals surface area (Å²) in [4.78, 5) is 18.9. The van der Waals surface area contributed by atoms with E-state index in [1.807, 2.05) is 47.8 Å². The molecule has 0 N–H and O–H groups in total. The average Bonchev–Trinajstić information content (AvgIpc) is 2.98. The largest absolute Gasteiger partial charge is 0.374 e. The number of benzene rings is 1. The lowest BCUT2D eigenvalue weighted by Gasteiger charge is -2.39. The van der Waals surface area contributed by atoms with E-state index in [1.165, 1.54) is 11.8 Å². The fourth-order valence-electron chi connectivity index (χ4n) is 2.73. The van der Waals surface area contributed by atoms with Crippen LogP contribution in [0.25, 0.3) is 0 Å². The van der Waals surface area contributed by atoms with Gasteiger partial charge in [0.15, 0.2) is 5.16 Å². The van der Waals surface area contributed by atoms with E-state index in [2.05, 4.69) is 17.1 Å². The van der Waals surface area contributed by atoms with Gasteiger partial charge in [0, 0.05) is 26.0 Å². The number of morpholine rings is 1. The Hall–Kier alpha value is -1.79. The first-order chi connectivity index (χ1) is 11.1. The van der Waals surface area contributed by atoms with Gasteiger partial charge in [0.1, 0.15) is 0 Å². The highest BCUT2D eigenvalue weighted by Crippen LogP contribution is 2.27. The molecule has 23 heavy (non-hydrogen) atoms. The molecule has 1 saturated heterocycles. The van der Waals surface area contributed by atoms with Crippen LogP contribution in [0.1, 0.15) is 18.5 Å². The normalized spacial score (nSPS) is 21.4. The number of hydrogen-bond donors (Lipinski definition) is 0. The summed E-state index contributed by atoms with van der Waals surface area (Å²) in [5, 5.41) is 0.857. The summed E-state index contributed by atoms with van der Waals surface area (Å²) in [6.45, 7) is 3.18. The molecule has 2 heterocycles. The molecule has 0 spiro atoms. The minimum absolute atomic E-state index is 0.0122.